The van der Waals surface area contributed by atoms with E-state index >= 15 is 0 Å². The molecule has 26 N–H and O–H groups in total. The number of carboxylic acid groups (broad SMARTS) is 3. The molecule has 99 heavy (non-hydrogen) atoms. The molecule has 0 radical (unpaired) electrons. The van der Waals surface area contributed by atoms with Gasteiger partial charge >= 0.3 is 17.9 Å². The molecule has 12 unspecified atom stereocenters. The van der Waals surface area contributed by atoms with Crippen molar-refractivity contribution in [1.82, 2.24) is 5.32 Å². The van der Waals surface area contributed by atoms with E-state index in [1.807, 2.05) is 0 Å². The van der Waals surface area contributed by atoms with Crippen molar-refractivity contribution < 1.29 is 208 Å². The first-order chi connectivity index (χ1) is 46.4. The van der Waals surface area contributed by atoms with Gasteiger partial charge in [-0.1, -0.05) is 20.8 Å². The van der Waals surface area contributed by atoms with Gasteiger partial charge in [0, 0.05) is 43.9 Å². The van der Waals surface area contributed by atoms with Crippen LogP contribution in [0, 0.1) is 17.8 Å². The lowest BCUT2D eigenvalue weighted by Gasteiger charge is -2.53. The van der Waals surface area contributed by atoms with Crippen LogP contribution >= 0.6 is 0 Å². The Hall–Kier alpha value is -3.52. The Kier molecular flexibility index (Phi) is 28.6. The fraction of sp³-hybridized carbons (Fsp3) is 0.929. The number of nitrogens with one attached hydrogen (secondary N) is 1. The molecule has 43 heteroatoms. The van der Waals surface area contributed by atoms with Crippen LogP contribution in [0.15, 0.2) is 0 Å². The Labute approximate surface area is 560 Å². The smallest absolute Gasteiger partial charge is 0.364 e. The minimum atomic E-state index is -3.39. The number of ether oxygens (including phenoxy) is 13. The van der Waals surface area contributed by atoms with Gasteiger partial charge < -0.3 is 195 Å². The van der Waals surface area contributed by atoms with Crippen LogP contribution in [-0.4, -0.2) is 411 Å². The van der Waals surface area contributed by atoms with E-state index in [0.29, 0.717) is 0 Å². The number of aliphatic carboxylic acids is 3. The van der Waals surface area contributed by atoms with Gasteiger partial charge in [0.15, 0.2) is 25.2 Å². The lowest BCUT2D eigenvalue weighted by Crippen LogP contribution is -2.71. The molecule has 0 aromatic carbocycles. The summed E-state index contributed by atoms with van der Waals surface area (Å²) in [5.74, 6) is -21.2. The van der Waals surface area contributed by atoms with E-state index in [1.165, 1.54) is 20.8 Å². The molecular weight excluding hydrogens is 1360 g/mol. The zero-order chi connectivity index (χ0) is 74.0. The highest BCUT2D eigenvalue weighted by Gasteiger charge is 2.64. The third kappa shape index (κ3) is 17.1. The molecule has 38 atom stereocenters. The average molecular weight is 1450 g/mol. The first-order valence-corrected chi connectivity index (χ1v) is 31.5. The summed E-state index contributed by atoms with van der Waals surface area (Å²) in [6.45, 7) is -3.97. The minimum absolute atomic E-state index is 0.863. The van der Waals surface area contributed by atoms with Gasteiger partial charge in [-0.25, -0.2) is 14.4 Å². The molecule has 7 heterocycles. The SMILES string of the molecule is CC(=O)NC1[C@H](O[C@H]2C(CO)O[C@@H](O[C@@H]3C(CO)OC(O)C(O)[C@H]3O)C(O)[C@H]2O[C@]2(C(=O)O)CC(O)[C@@H](C)[C@H]([C@H](O)[C@H](O)CO)O2)OC(CO)[C@H](O)[C@@H]1O[C@@H]1OC(CO)[C@H](O)[C@H](O[C@]2(C(=O)O)CC(O)[C@@H](C)[C@H]([C@H](O)[C@@H](CO)O[C@]3(C(=O)O)CC(O)[C@@H](C)[C@H]([C@H](O)[C@H](O)CO)O3)O2)C1O. The number of carbonyl (C=O) groups is 4. The van der Waals surface area contributed by atoms with Crippen molar-refractivity contribution in [2.75, 3.05) is 46.2 Å². The van der Waals surface area contributed by atoms with Gasteiger partial charge in [-0.15, -0.1) is 0 Å². The first kappa shape index (κ1) is 82.8. The van der Waals surface area contributed by atoms with Crippen molar-refractivity contribution in [3.63, 3.8) is 0 Å². The molecule has 0 saturated carbocycles. The summed E-state index contributed by atoms with van der Waals surface area (Å²) >= 11 is 0. The molecule has 7 saturated heterocycles. The lowest BCUT2D eigenvalue weighted by molar-refractivity contribution is -0.405. The van der Waals surface area contributed by atoms with Crippen molar-refractivity contribution in [3.8, 4) is 0 Å². The Morgan fingerprint density at radius 3 is 1.24 bits per heavy atom. The second-order valence-corrected chi connectivity index (χ2v) is 25.7. The molecule has 0 bridgehead atoms. The maximum Gasteiger partial charge on any atom is 0.364 e. The Morgan fingerprint density at radius 2 is 0.808 bits per heavy atom. The van der Waals surface area contributed by atoms with E-state index in [-0.39, 0.29) is 0 Å². The van der Waals surface area contributed by atoms with Crippen LogP contribution in [0.3, 0.4) is 0 Å². The quantitative estimate of drug-likeness (QED) is 0.0331. The van der Waals surface area contributed by atoms with Gasteiger partial charge in [-0.3, -0.25) is 4.79 Å². The summed E-state index contributed by atoms with van der Waals surface area (Å²) < 4.78 is 75.7. The summed E-state index contributed by atoms with van der Waals surface area (Å²) in [5.41, 5.74) is 0. The number of aliphatic hydroxyl groups is 22. The van der Waals surface area contributed by atoms with Crippen molar-refractivity contribution in [3.05, 3.63) is 0 Å². The molecule has 0 aromatic heterocycles. The molecule has 0 aromatic rings. The third-order valence-electron chi connectivity index (χ3n) is 19.0. The van der Waals surface area contributed by atoms with E-state index < -0.39 is 320 Å². The molecule has 43 nitrogen and oxygen atoms in total. The first-order valence-electron chi connectivity index (χ1n) is 31.5. The Balaban J connectivity index is 1.23. The summed E-state index contributed by atoms with van der Waals surface area (Å²) in [5, 5.41) is 275. The molecule has 0 aliphatic carbocycles. The summed E-state index contributed by atoms with van der Waals surface area (Å²) in [4.78, 5) is 53.4. The fourth-order valence-electron chi connectivity index (χ4n) is 13.1. The largest absolute Gasteiger partial charge is 0.477 e. The van der Waals surface area contributed by atoms with Crippen LogP contribution in [0.25, 0.3) is 0 Å². The predicted octanol–water partition coefficient (Wildman–Crippen LogP) is -14.7. The predicted molar refractivity (Wildman–Crippen MR) is 304 cm³/mol. The van der Waals surface area contributed by atoms with E-state index in [1.54, 1.807) is 0 Å². The molecule has 574 valence electrons. The fourth-order valence-corrected chi connectivity index (χ4v) is 13.1. The summed E-state index contributed by atoms with van der Waals surface area (Å²) in [7, 11) is 0. The highest BCUT2D eigenvalue weighted by molar-refractivity contribution is 5.77. The summed E-state index contributed by atoms with van der Waals surface area (Å²) in [6.07, 6.45) is -70.9. The highest BCUT2D eigenvalue weighted by Crippen LogP contribution is 2.45. The zero-order valence-corrected chi connectivity index (χ0v) is 53.4. The van der Waals surface area contributed by atoms with Crippen LogP contribution in [0.2, 0.25) is 0 Å². The molecule has 7 rings (SSSR count). The van der Waals surface area contributed by atoms with Gasteiger partial charge in [0.25, 0.3) is 17.4 Å². The van der Waals surface area contributed by atoms with Crippen LogP contribution in [0.4, 0.5) is 0 Å². The molecule has 1 amide bonds. The van der Waals surface area contributed by atoms with Gasteiger partial charge in [-0.05, 0) is 0 Å². The van der Waals surface area contributed by atoms with Crippen LogP contribution < -0.4 is 5.32 Å². The number of amides is 1. The van der Waals surface area contributed by atoms with Crippen molar-refractivity contribution in [2.45, 2.75) is 260 Å². The van der Waals surface area contributed by atoms with Gasteiger partial charge in [0.1, 0.15) is 134 Å². The van der Waals surface area contributed by atoms with E-state index in [0.717, 1.165) is 6.92 Å². The van der Waals surface area contributed by atoms with Gasteiger partial charge in [-0.2, -0.15) is 0 Å². The molecule has 7 aliphatic rings. The Morgan fingerprint density at radius 1 is 0.434 bits per heavy atom. The molecule has 7 aliphatic heterocycles. The molecule has 7 fully saturated rings. The maximum absolute atomic E-state index is 13.6. The third-order valence-corrected chi connectivity index (χ3v) is 19.0. The number of carboxylic acids is 3. The normalized spacial score (nSPS) is 46.5. The van der Waals surface area contributed by atoms with E-state index in [9.17, 15) is 147 Å². The number of carbonyl (C=O) groups excluding carboxylic acids is 1. The monoisotopic (exact) mass is 1450 g/mol. The van der Waals surface area contributed by atoms with Crippen molar-refractivity contribution in [2.24, 2.45) is 17.8 Å². The van der Waals surface area contributed by atoms with Crippen molar-refractivity contribution >= 4 is 23.8 Å². The average Bonchev–Trinajstić information content (AvgIpc) is 0.757. The minimum Gasteiger partial charge on any atom is -0.477 e. The van der Waals surface area contributed by atoms with Crippen LogP contribution in [0.1, 0.15) is 47.0 Å². The van der Waals surface area contributed by atoms with E-state index in [4.69, 9.17) is 61.6 Å². The highest BCUT2D eigenvalue weighted by atomic mass is 16.8. The van der Waals surface area contributed by atoms with Crippen LogP contribution in [-0.2, 0) is 80.8 Å². The van der Waals surface area contributed by atoms with Gasteiger partial charge in [0.05, 0.1) is 82.9 Å². The second-order valence-electron chi connectivity index (χ2n) is 25.7. The number of hydrogen-bond acceptors (Lipinski definition) is 39. The van der Waals surface area contributed by atoms with Gasteiger partial charge in [0.2, 0.25) is 5.91 Å². The molecular formula is C56H93NO42. The van der Waals surface area contributed by atoms with Crippen molar-refractivity contribution in [1.29, 1.82) is 0 Å². The lowest BCUT2D eigenvalue weighted by atomic mass is 9.83. The number of aliphatic hydroxyl groups excluding tert-OH is 22. The molecule has 0 spiro atoms. The number of rotatable bonds is 29. The summed E-state index contributed by atoms with van der Waals surface area (Å²) in [6, 6.07) is -2.13. The van der Waals surface area contributed by atoms with Crippen LogP contribution in [0.5, 0.6) is 0 Å². The van der Waals surface area contributed by atoms with E-state index in [2.05, 4.69) is 5.32 Å². The Bertz CT molecular complexity index is 2620. The number of hydrogen-bond donors (Lipinski definition) is 26. The standard InChI is InChI=1S/C56H93NO42/c1-15-19(66)5-54(51(81)82,95-39(15)30(71)22(69)8-58)94-26(12-62)34(75)41-17(3)21(68)6-55(97-41,52(83)84)98-45-33(74)25(11-61)89-49(37(45)78)93-44-29(57-18(4)65)48(88-24(10-60)32(44)73)92-43-28(14-64)90-50(91-42-27(13-63)87-47(80)36(77)35(42)76)38(79)46(43)99-56(53(85)86)7-20(67)16(2)40(96-56)31(72)23(70)9-59/h15-17,19-50,58-64,66-80H,5-14H2,1-4H3,(H,57,65)(H,81,82)(H,83,84)(H,85,86)/t15-,16-,17-,19?,20?,21?,22-,23-,24?,25?,26-,27?,28?,29?,30-,31-,32+,33+,34-,35-,36?,37?,38?,39-,40-,41-,42-,43+,44-,45+,46-,47?,48+,49+,50+,54-,55+,56+/m1/s1. The topological polar surface area (TPSA) is 706 Å². The zero-order valence-electron chi connectivity index (χ0n) is 53.4. The second kappa shape index (κ2) is 34.2. The maximum atomic E-state index is 13.6.